The third-order valence-corrected chi connectivity index (χ3v) is 4.35. The van der Waals surface area contributed by atoms with Crippen molar-refractivity contribution in [3.05, 3.63) is 34.9 Å². The van der Waals surface area contributed by atoms with Gasteiger partial charge in [-0.1, -0.05) is 30.7 Å². The number of urea groups is 1. The molecule has 112 valence electrons. The van der Waals surface area contributed by atoms with E-state index in [9.17, 15) is 9.59 Å². The molecule has 1 fully saturated rings. The predicted molar refractivity (Wildman–Crippen MR) is 79.9 cm³/mol. The number of hydrogen-bond acceptors (Lipinski definition) is 2. The van der Waals surface area contributed by atoms with E-state index < -0.39 is 0 Å². The van der Waals surface area contributed by atoms with E-state index in [-0.39, 0.29) is 24.5 Å². The molecule has 0 aromatic heterocycles. The summed E-state index contributed by atoms with van der Waals surface area (Å²) in [5.41, 5.74) is 3.74. The molecular weight excluding hydrogens is 266 g/mol. The van der Waals surface area contributed by atoms with E-state index in [1.165, 1.54) is 16.7 Å². The molecule has 2 aliphatic rings. The topological polar surface area (TPSA) is 61.4 Å². The Labute approximate surface area is 124 Å². The van der Waals surface area contributed by atoms with Crippen LogP contribution in [0, 0.1) is 12.8 Å². The summed E-state index contributed by atoms with van der Waals surface area (Å²) in [4.78, 5) is 25.3. The minimum atomic E-state index is -0.143. The second-order valence-corrected chi connectivity index (χ2v) is 6.08. The van der Waals surface area contributed by atoms with Crippen molar-refractivity contribution < 1.29 is 9.59 Å². The Balaban J connectivity index is 1.74. The number of nitrogens with zero attached hydrogens (tertiary/aromatic N) is 1. The Morgan fingerprint density at radius 2 is 2.24 bits per heavy atom. The molecule has 0 bridgehead atoms. The number of carbonyl (C=O) groups is 2. The molecule has 3 amide bonds. The number of piperazine rings is 1. The first-order valence-corrected chi connectivity index (χ1v) is 7.46. The van der Waals surface area contributed by atoms with Gasteiger partial charge in [0.15, 0.2) is 0 Å². The van der Waals surface area contributed by atoms with E-state index in [0.29, 0.717) is 19.0 Å². The summed E-state index contributed by atoms with van der Waals surface area (Å²) in [6.07, 6.45) is 0.987. The van der Waals surface area contributed by atoms with Gasteiger partial charge in [-0.25, -0.2) is 4.79 Å². The molecule has 0 radical (unpaired) electrons. The zero-order valence-corrected chi connectivity index (χ0v) is 12.5. The molecule has 1 saturated heterocycles. The molecule has 5 heteroatoms. The smallest absolute Gasteiger partial charge is 0.318 e. The normalized spacial score (nSPS) is 24.5. The van der Waals surface area contributed by atoms with Crippen molar-refractivity contribution in [1.82, 2.24) is 15.5 Å². The highest BCUT2D eigenvalue weighted by molar-refractivity contribution is 5.85. The van der Waals surface area contributed by atoms with E-state index in [4.69, 9.17) is 0 Å². The van der Waals surface area contributed by atoms with Gasteiger partial charge in [-0.05, 0) is 30.4 Å². The van der Waals surface area contributed by atoms with E-state index in [2.05, 4.69) is 42.7 Å². The number of carbonyl (C=O) groups excluding carboxylic acids is 2. The molecule has 1 aliphatic heterocycles. The molecule has 2 N–H and O–H groups in total. The maximum Gasteiger partial charge on any atom is 0.318 e. The fraction of sp³-hybridized carbons (Fsp3) is 0.500. The lowest BCUT2D eigenvalue weighted by molar-refractivity contribution is -0.123. The molecule has 0 unspecified atom stereocenters. The van der Waals surface area contributed by atoms with Crippen LogP contribution in [0.2, 0.25) is 0 Å². The van der Waals surface area contributed by atoms with Crippen LogP contribution in [0.1, 0.15) is 29.7 Å². The average molecular weight is 287 g/mol. The average Bonchev–Trinajstić information content (AvgIpc) is 2.75. The third-order valence-electron chi connectivity index (χ3n) is 4.35. The minimum absolute atomic E-state index is 0.0392. The van der Waals surface area contributed by atoms with Gasteiger partial charge in [0.2, 0.25) is 5.91 Å². The summed E-state index contributed by atoms with van der Waals surface area (Å²) >= 11 is 0. The monoisotopic (exact) mass is 287 g/mol. The van der Waals surface area contributed by atoms with Crippen LogP contribution >= 0.6 is 0 Å². The predicted octanol–water partition coefficient (Wildman–Crippen LogP) is 1.37. The maximum atomic E-state index is 12.4. The second-order valence-electron chi connectivity index (χ2n) is 6.08. The first-order chi connectivity index (χ1) is 10.0. The number of fused-ring (bicyclic) bond motifs is 1. The first kappa shape index (κ1) is 13.9. The Hall–Kier alpha value is -2.04. The molecule has 2 atom stereocenters. The largest absolute Gasteiger partial charge is 0.353 e. The van der Waals surface area contributed by atoms with Gasteiger partial charge in [-0.3, -0.25) is 4.79 Å². The molecule has 3 rings (SSSR count). The summed E-state index contributed by atoms with van der Waals surface area (Å²) < 4.78 is 0. The Bertz CT molecular complexity index is 585. The van der Waals surface area contributed by atoms with E-state index in [1.807, 2.05) is 0 Å². The third kappa shape index (κ3) is 2.73. The molecule has 21 heavy (non-hydrogen) atoms. The van der Waals surface area contributed by atoms with Crippen LogP contribution in [0.25, 0.3) is 0 Å². The number of benzene rings is 1. The van der Waals surface area contributed by atoms with E-state index in [1.54, 1.807) is 4.90 Å². The molecule has 0 saturated carbocycles. The molecular formula is C16H21N3O2. The number of nitrogens with one attached hydrogen (secondary N) is 2. The summed E-state index contributed by atoms with van der Waals surface area (Å²) in [6, 6.07) is 6.33. The number of amides is 3. The van der Waals surface area contributed by atoms with Crippen LogP contribution in [0.5, 0.6) is 0 Å². The quantitative estimate of drug-likeness (QED) is 0.819. The van der Waals surface area contributed by atoms with Crippen molar-refractivity contribution in [2.24, 2.45) is 5.92 Å². The highest BCUT2D eigenvalue weighted by Gasteiger charge is 2.32. The van der Waals surface area contributed by atoms with Gasteiger partial charge < -0.3 is 15.5 Å². The van der Waals surface area contributed by atoms with Crippen molar-refractivity contribution >= 4 is 11.9 Å². The number of aryl methyl sites for hydroxylation is 1. The van der Waals surface area contributed by atoms with Gasteiger partial charge in [0.1, 0.15) is 6.54 Å². The highest BCUT2D eigenvalue weighted by atomic mass is 16.2. The van der Waals surface area contributed by atoms with Crippen molar-refractivity contribution in [3.63, 3.8) is 0 Å². The standard InChI is InChI=1S/C16H21N3O2/c1-10-3-4-12-8-11(2)15(13(12)7-10)18-16(21)19-6-5-17-14(20)9-19/h3-4,7,11,15H,5-6,8-9H2,1-2H3,(H,17,20)(H,18,21)/t11-,15-/m0/s1. The molecule has 1 aromatic carbocycles. The summed E-state index contributed by atoms with van der Waals surface area (Å²) in [7, 11) is 0. The zero-order valence-electron chi connectivity index (χ0n) is 12.5. The van der Waals surface area contributed by atoms with Crippen molar-refractivity contribution in [2.75, 3.05) is 19.6 Å². The van der Waals surface area contributed by atoms with Gasteiger partial charge in [-0.15, -0.1) is 0 Å². The Morgan fingerprint density at radius 1 is 1.43 bits per heavy atom. The van der Waals surface area contributed by atoms with Crippen molar-refractivity contribution in [1.29, 1.82) is 0 Å². The van der Waals surface area contributed by atoms with E-state index >= 15 is 0 Å². The fourth-order valence-corrected chi connectivity index (χ4v) is 3.22. The molecule has 1 heterocycles. The lowest BCUT2D eigenvalue weighted by Crippen LogP contribution is -2.53. The first-order valence-electron chi connectivity index (χ1n) is 7.46. The minimum Gasteiger partial charge on any atom is -0.353 e. The Morgan fingerprint density at radius 3 is 3.00 bits per heavy atom. The van der Waals surface area contributed by atoms with Gasteiger partial charge in [0.25, 0.3) is 0 Å². The van der Waals surface area contributed by atoms with Gasteiger partial charge in [-0.2, -0.15) is 0 Å². The SMILES string of the molecule is Cc1ccc2c(c1)[C@@H](NC(=O)N1CCNC(=O)C1)[C@@H](C)C2. The van der Waals surface area contributed by atoms with E-state index in [0.717, 1.165) is 6.42 Å². The summed E-state index contributed by atoms with van der Waals surface area (Å²) in [6.45, 7) is 5.47. The number of rotatable bonds is 1. The maximum absolute atomic E-state index is 12.4. The lowest BCUT2D eigenvalue weighted by Gasteiger charge is -2.29. The second kappa shape index (κ2) is 5.39. The van der Waals surface area contributed by atoms with Crippen LogP contribution in [0.3, 0.4) is 0 Å². The van der Waals surface area contributed by atoms with Gasteiger partial charge >= 0.3 is 6.03 Å². The van der Waals surface area contributed by atoms with Crippen molar-refractivity contribution in [2.45, 2.75) is 26.3 Å². The molecule has 5 nitrogen and oxygen atoms in total. The van der Waals surface area contributed by atoms with Crippen LogP contribution in [-0.4, -0.2) is 36.5 Å². The molecule has 1 aliphatic carbocycles. The highest BCUT2D eigenvalue weighted by Crippen LogP contribution is 2.36. The van der Waals surface area contributed by atoms with Gasteiger partial charge in [0, 0.05) is 13.1 Å². The van der Waals surface area contributed by atoms with Crippen LogP contribution in [0.4, 0.5) is 4.79 Å². The molecule has 0 spiro atoms. The van der Waals surface area contributed by atoms with Gasteiger partial charge in [0.05, 0.1) is 6.04 Å². The fourth-order valence-electron chi connectivity index (χ4n) is 3.22. The molecule has 1 aromatic rings. The van der Waals surface area contributed by atoms with Crippen molar-refractivity contribution in [3.8, 4) is 0 Å². The lowest BCUT2D eigenvalue weighted by atomic mass is 10.0. The van der Waals surface area contributed by atoms with Crippen LogP contribution in [0.15, 0.2) is 18.2 Å². The number of hydrogen-bond donors (Lipinski definition) is 2. The summed E-state index contributed by atoms with van der Waals surface area (Å²) in [5.74, 6) is 0.288. The van der Waals surface area contributed by atoms with Crippen LogP contribution in [-0.2, 0) is 11.2 Å². The Kier molecular flexibility index (Phi) is 3.57. The summed E-state index contributed by atoms with van der Waals surface area (Å²) in [5, 5.41) is 5.84. The zero-order chi connectivity index (χ0) is 15.0. The van der Waals surface area contributed by atoms with Crippen LogP contribution < -0.4 is 10.6 Å².